The molecule has 2 heterocycles. The zero-order valence-corrected chi connectivity index (χ0v) is 13.7. The number of furan rings is 1. The summed E-state index contributed by atoms with van der Waals surface area (Å²) in [5.74, 6) is 0.218. The molecule has 2 aromatic heterocycles. The van der Waals surface area contributed by atoms with Gasteiger partial charge in [0, 0.05) is 24.7 Å². The topological polar surface area (TPSA) is 51.3 Å². The number of alkyl halides is 2. The van der Waals surface area contributed by atoms with Crippen molar-refractivity contribution >= 4 is 16.9 Å². The Labute approximate surface area is 142 Å². The van der Waals surface area contributed by atoms with Crippen molar-refractivity contribution in [2.45, 2.75) is 31.9 Å². The number of nitrogens with zero attached hydrogens (tertiary/aromatic N) is 3. The second-order valence-electron chi connectivity index (χ2n) is 6.32. The van der Waals surface area contributed by atoms with E-state index in [4.69, 9.17) is 4.42 Å². The van der Waals surface area contributed by atoms with Gasteiger partial charge in [0.05, 0.1) is 12.1 Å². The number of rotatable bonds is 5. The third-order valence-corrected chi connectivity index (χ3v) is 4.35. The maximum absolute atomic E-state index is 13.2. The van der Waals surface area contributed by atoms with Crippen LogP contribution in [-0.2, 0) is 13.6 Å². The van der Waals surface area contributed by atoms with Crippen LogP contribution in [0.25, 0.3) is 11.0 Å². The van der Waals surface area contributed by atoms with Gasteiger partial charge in [0.15, 0.2) is 0 Å². The molecule has 7 heteroatoms. The molecule has 1 aromatic carbocycles. The Hall–Kier alpha value is -2.70. The molecule has 1 fully saturated rings. The Balaban J connectivity index is 1.64. The van der Waals surface area contributed by atoms with Gasteiger partial charge >= 0.3 is 0 Å². The van der Waals surface area contributed by atoms with Crippen molar-refractivity contribution in [2.75, 3.05) is 0 Å². The molecule has 5 nitrogen and oxygen atoms in total. The second-order valence-corrected chi connectivity index (χ2v) is 6.32. The summed E-state index contributed by atoms with van der Waals surface area (Å²) < 4.78 is 33.4. The monoisotopic (exact) mass is 345 g/mol. The van der Waals surface area contributed by atoms with E-state index in [0.717, 1.165) is 23.8 Å². The lowest BCUT2D eigenvalue weighted by molar-refractivity contribution is 0.0706. The van der Waals surface area contributed by atoms with Crippen molar-refractivity contribution in [1.29, 1.82) is 0 Å². The van der Waals surface area contributed by atoms with Gasteiger partial charge in [0.25, 0.3) is 12.3 Å². The van der Waals surface area contributed by atoms with E-state index in [2.05, 4.69) is 5.10 Å². The first-order valence-electron chi connectivity index (χ1n) is 8.13. The molecule has 1 saturated carbocycles. The van der Waals surface area contributed by atoms with Crippen molar-refractivity contribution in [1.82, 2.24) is 14.7 Å². The molecule has 0 atom stereocenters. The standard InChI is InChI=1S/C18H17F2N3O2/c1-22-10-14(16(21-22)17(19)20)18(24)23(12-6-7-12)9-13-8-11-4-2-3-5-15(11)25-13/h2-5,8,10,12,17H,6-7,9H2,1H3. The summed E-state index contributed by atoms with van der Waals surface area (Å²) in [5, 5.41) is 4.68. The smallest absolute Gasteiger partial charge is 0.282 e. The average molecular weight is 345 g/mol. The number of hydrogen-bond acceptors (Lipinski definition) is 3. The number of aryl methyl sites for hydroxylation is 1. The van der Waals surface area contributed by atoms with Crippen LogP contribution in [-0.4, -0.2) is 26.6 Å². The summed E-state index contributed by atoms with van der Waals surface area (Å²) >= 11 is 0. The minimum Gasteiger partial charge on any atom is -0.459 e. The number of amides is 1. The van der Waals surface area contributed by atoms with Crippen LogP contribution in [0, 0.1) is 0 Å². The van der Waals surface area contributed by atoms with Gasteiger partial charge in [-0.15, -0.1) is 0 Å². The SMILES string of the molecule is Cn1cc(C(=O)N(Cc2cc3ccccc3o2)C2CC2)c(C(F)F)n1. The molecule has 1 aliphatic rings. The summed E-state index contributed by atoms with van der Waals surface area (Å²) in [7, 11) is 1.53. The van der Waals surface area contributed by atoms with Crippen LogP contribution in [0.2, 0.25) is 0 Å². The maximum Gasteiger partial charge on any atom is 0.282 e. The van der Waals surface area contributed by atoms with Gasteiger partial charge in [-0.2, -0.15) is 5.10 Å². The van der Waals surface area contributed by atoms with Crippen LogP contribution in [0.4, 0.5) is 8.78 Å². The van der Waals surface area contributed by atoms with Crippen molar-refractivity contribution in [3.8, 4) is 0 Å². The van der Waals surface area contributed by atoms with Gasteiger partial charge in [-0.1, -0.05) is 18.2 Å². The van der Waals surface area contributed by atoms with Gasteiger partial charge in [-0.25, -0.2) is 8.78 Å². The highest BCUT2D eigenvalue weighted by Crippen LogP contribution is 2.32. The van der Waals surface area contributed by atoms with Crippen LogP contribution in [0.3, 0.4) is 0 Å². The largest absolute Gasteiger partial charge is 0.459 e. The Morgan fingerprint density at radius 3 is 2.84 bits per heavy atom. The molecule has 0 radical (unpaired) electrons. The average Bonchev–Trinajstić information content (AvgIpc) is 3.21. The first kappa shape index (κ1) is 15.8. The van der Waals surface area contributed by atoms with Crippen molar-refractivity contribution in [3.63, 3.8) is 0 Å². The van der Waals surface area contributed by atoms with Crippen LogP contribution in [0.5, 0.6) is 0 Å². The summed E-state index contributed by atoms with van der Waals surface area (Å²) in [4.78, 5) is 14.5. The highest BCUT2D eigenvalue weighted by molar-refractivity contribution is 5.95. The summed E-state index contributed by atoms with van der Waals surface area (Å²) in [6, 6.07) is 9.53. The van der Waals surface area contributed by atoms with Crippen LogP contribution in [0.1, 0.15) is 41.1 Å². The summed E-state index contributed by atoms with van der Waals surface area (Å²) in [6.45, 7) is 0.260. The van der Waals surface area contributed by atoms with E-state index >= 15 is 0 Å². The van der Waals surface area contributed by atoms with E-state index in [1.165, 1.54) is 17.9 Å². The third kappa shape index (κ3) is 3.01. The van der Waals surface area contributed by atoms with Crippen molar-refractivity contribution < 1.29 is 18.0 Å². The molecule has 0 N–H and O–H groups in total. The molecule has 3 aromatic rings. The predicted octanol–water partition coefficient (Wildman–Crippen LogP) is 3.91. The number of halogens is 2. The first-order valence-corrected chi connectivity index (χ1v) is 8.13. The maximum atomic E-state index is 13.2. The molecule has 0 aliphatic heterocycles. The van der Waals surface area contributed by atoms with E-state index in [9.17, 15) is 13.6 Å². The molecule has 0 unspecified atom stereocenters. The van der Waals surface area contributed by atoms with Gasteiger partial charge < -0.3 is 9.32 Å². The van der Waals surface area contributed by atoms with Crippen molar-refractivity contribution in [3.05, 3.63) is 53.5 Å². The lowest BCUT2D eigenvalue weighted by atomic mass is 10.2. The Morgan fingerprint density at radius 1 is 1.40 bits per heavy atom. The summed E-state index contributed by atoms with van der Waals surface area (Å²) in [5.41, 5.74) is 0.235. The number of benzene rings is 1. The molecular formula is C18H17F2N3O2. The highest BCUT2D eigenvalue weighted by atomic mass is 19.3. The first-order chi connectivity index (χ1) is 12.0. The Bertz CT molecular complexity index is 894. The molecule has 130 valence electrons. The Kier molecular flexibility index (Phi) is 3.78. The number of hydrogen-bond donors (Lipinski definition) is 0. The third-order valence-electron chi connectivity index (χ3n) is 4.35. The summed E-state index contributed by atoms with van der Waals surface area (Å²) in [6.07, 6.45) is 0.317. The Morgan fingerprint density at radius 2 is 2.16 bits per heavy atom. The van der Waals surface area contributed by atoms with Gasteiger partial charge in [0.1, 0.15) is 17.0 Å². The molecule has 0 spiro atoms. The second kappa shape index (κ2) is 5.98. The number of carbonyl (C=O) groups excluding carboxylic acids is 1. The zero-order valence-electron chi connectivity index (χ0n) is 13.7. The van der Waals surface area contributed by atoms with Crippen LogP contribution < -0.4 is 0 Å². The normalized spacial score (nSPS) is 14.4. The molecule has 4 rings (SSSR count). The van der Waals surface area contributed by atoms with E-state index < -0.39 is 18.0 Å². The van der Waals surface area contributed by atoms with Gasteiger partial charge in [-0.05, 0) is 25.0 Å². The number of fused-ring (bicyclic) bond motifs is 1. The molecular weight excluding hydrogens is 328 g/mol. The van der Waals surface area contributed by atoms with Gasteiger partial charge in [0.2, 0.25) is 0 Å². The van der Waals surface area contributed by atoms with Crippen LogP contribution >= 0.6 is 0 Å². The minimum atomic E-state index is -2.78. The zero-order chi connectivity index (χ0) is 17.6. The molecule has 1 aliphatic carbocycles. The fraction of sp³-hybridized carbons (Fsp3) is 0.333. The predicted molar refractivity (Wildman–Crippen MR) is 87.3 cm³/mol. The molecule has 0 bridgehead atoms. The van der Waals surface area contributed by atoms with Gasteiger partial charge in [-0.3, -0.25) is 9.48 Å². The quantitative estimate of drug-likeness (QED) is 0.704. The van der Waals surface area contributed by atoms with Crippen molar-refractivity contribution in [2.24, 2.45) is 7.05 Å². The highest BCUT2D eigenvalue weighted by Gasteiger charge is 2.36. The van der Waals surface area contributed by atoms with E-state index in [-0.39, 0.29) is 18.2 Å². The lowest BCUT2D eigenvalue weighted by Crippen LogP contribution is -2.32. The fourth-order valence-corrected chi connectivity index (χ4v) is 3.02. The lowest BCUT2D eigenvalue weighted by Gasteiger charge is -2.21. The fourth-order valence-electron chi connectivity index (χ4n) is 3.02. The molecule has 1 amide bonds. The van der Waals surface area contributed by atoms with Crippen LogP contribution in [0.15, 0.2) is 40.9 Å². The van der Waals surface area contributed by atoms with E-state index in [1.807, 2.05) is 30.3 Å². The number of carbonyl (C=O) groups is 1. The molecule has 25 heavy (non-hydrogen) atoms. The number of para-hydroxylation sites is 1. The minimum absolute atomic E-state index is 0.0412. The van der Waals surface area contributed by atoms with E-state index in [1.54, 1.807) is 4.90 Å². The number of aromatic nitrogens is 2. The van der Waals surface area contributed by atoms with E-state index in [0.29, 0.717) is 5.76 Å². The molecule has 0 saturated heterocycles.